The molecule has 0 spiro atoms. The van der Waals surface area contributed by atoms with Crippen LogP contribution in [0.15, 0.2) is 30.3 Å². The number of carbonyl (C=O) groups is 1. The van der Waals surface area contributed by atoms with E-state index in [4.69, 9.17) is 4.74 Å². The van der Waals surface area contributed by atoms with Gasteiger partial charge in [-0.1, -0.05) is 44.4 Å². The van der Waals surface area contributed by atoms with E-state index in [1.165, 1.54) is 13.5 Å². The number of para-hydroxylation sites is 1. The van der Waals surface area contributed by atoms with Crippen LogP contribution in [-0.2, 0) is 9.53 Å². The summed E-state index contributed by atoms with van der Waals surface area (Å²) < 4.78 is 5.06. The number of hydrogen-bond donors (Lipinski definition) is 1. The van der Waals surface area contributed by atoms with Crippen molar-refractivity contribution in [2.75, 3.05) is 12.4 Å². The zero-order chi connectivity index (χ0) is 13.7. The lowest BCUT2D eigenvalue weighted by molar-refractivity contribution is -0.147. The predicted octanol–water partition coefficient (Wildman–Crippen LogP) is 3.61. The van der Waals surface area contributed by atoms with Crippen molar-refractivity contribution < 1.29 is 9.53 Å². The average Bonchev–Trinajstić information content (AvgIpc) is 2.47. The largest absolute Gasteiger partial charge is 0.467 e. The number of hydrogen-bond acceptors (Lipinski definition) is 3. The lowest BCUT2D eigenvalue weighted by atomic mass is 9.74. The van der Waals surface area contributed by atoms with Gasteiger partial charge in [0, 0.05) is 5.69 Å². The van der Waals surface area contributed by atoms with Crippen LogP contribution in [0.3, 0.4) is 0 Å². The summed E-state index contributed by atoms with van der Waals surface area (Å²) >= 11 is 0. The highest BCUT2D eigenvalue weighted by atomic mass is 16.5. The number of nitrogens with one attached hydrogen (secondary N) is 1. The first kappa shape index (κ1) is 13.9. The second-order valence-corrected chi connectivity index (χ2v) is 5.44. The Hall–Kier alpha value is -1.51. The molecule has 3 heteroatoms. The van der Waals surface area contributed by atoms with Gasteiger partial charge in [0.25, 0.3) is 0 Å². The molecule has 0 heterocycles. The molecule has 104 valence electrons. The Morgan fingerprint density at radius 1 is 1.42 bits per heavy atom. The number of ether oxygens (including phenoxy) is 1. The van der Waals surface area contributed by atoms with Crippen molar-refractivity contribution >= 4 is 11.7 Å². The van der Waals surface area contributed by atoms with Gasteiger partial charge >= 0.3 is 5.97 Å². The minimum absolute atomic E-state index is 0.130. The van der Waals surface area contributed by atoms with Gasteiger partial charge in [-0.05, 0) is 30.9 Å². The minimum Gasteiger partial charge on any atom is -0.467 e. The van der Waals surface area contributed by atoms with Crippen LogP contribution in [0, 0.1) is 5.92 Å². The van der Waals surface area contributed by atoms with E-state index in [-0.39, 0.29) is 5.97 Å². The van der Waals surface area contributed by atoms with Crippen LogP contribution in [0.5, 0.6) is 0 Å². The van der Waals surface area contributed by atoms with Gasteiger partial charge in [-0.25, -0.2) is 4.79 Å². The Morgan fingerprint density at radius 2 is 2.16 bits per heavy atom. The Bertz CT molecular complexity index is 418. The molecule has 2 rings (SSSR count). The lowest BCUT2D eigenvalue weighted by Gasteiger charge is -2.39. The summed E-state index contributed by atoms with van der Waals surface area (Å²) in [6.45, 7) is 2.19. The first-order valence-corrected chi connectivity index (χ1v) is 7.12. The molecule has 1 N–H and O–H groups in total. The summed E-state index contributed by atoms with van der Waals surface area (Å²) in [7, 11) is 1.48. The molecular formula is C16H23NO2. The van der Waals surface area contributed by atoms with Crippen LogP contribution >= 0.6 is 0 Å². The van der Waals surface area contributed by atoms with E-state index in [0.717, 1.165) is 31.4 Å². The number of anilines is 1. The summed E-state index contributed by atoms with van der Waals surface area (Å²) in [5, 5.41) is 3.43. The van der Waals surface area contributed by atoms with Crippen LogP contribution in [0.4, 0.5) is 5.69 Å². The van der Waals surface area contributed by atoms with Crippen molar-refractivity contribution in [3.05, 3.63) is 30.3 Å². The van der Waals surface area contributed by atoms with E-state index >= 15 is 0 Å². The molecule has 0 amide bonds. The fraction of sp³-hybridized carbons (Fsp3) is 0.562. The summed E-state index contributed by atoms with van der Waals surface area (Å²) in [6, 6.07) is 9.94. The third kappa shape index (κ3) is 3.09. The van der Waals surface area contributed by atoms with Gasteiger partial charge in [-0.15, -0.1) is 0 Å². The van der Waals surface area contributed by atoms with Crippen LogP contribution in [0.1, 0.15) is 39.0 Å². The summed E-state index contributed by atoms with van der Waals surface area (Å²) in [5.41, 5.74) is 0.444. The highest BCUT2D eigenvalue weighted by molar-refractivity contribution is 5.84. The predicted molar refractivity (Wildman–Crippen MR) is 77.1 cm³/mol. The van der Waals surface area contributed by atoms with Crippen molar-refractivity contribution in [2.24, 2.45) is 5.92 Å². The van der Waals surface area contributed by atoms with Crippen LogP contribution in [0.25, 0.3) is 0 Å². The number of esters is 1. The third-order valence-electron chi connectivity index (χ3n) is 4.16. The molecule has 0 bridgehead atoms. The molecule has 2 atom stereocenters. The normalized spacial score (nSPS) is 26.7. The molecule has 1 aliphatic rings. The quantitative estimate of drug-likeness (QED) is 0.841. The van der Waals surface area contributed by atoms with E-state index in [1.54, 1.807) is 0 Å². The van der Waals surface area contributed by atoms with E-state index in [9.17, 15) is 4.79 Å². The lowest BCUT2D eigenvalue weighted by Crippen LogP contribution is -2.50. The zero-order valence-electron chi connectivity index (χ0n) is 11.8. The molecule has 0 aromatic heterocycles. The second kappa shape index (κ2) is 6.09. The standard InChI is InChI=1S/C16H23NO2/c1-3-13-8-7-11-16(12-13,15(18)19-2)17-14-9-5-4-6-10-14/h4-6,9-10,13,17H,3,7-8,11-12H2,1-2H3. The van der Waals surface area contributed by atoms with Gasteiger partial charge in [0.05, 0.1) is 7.11 Å². The van der Waals surface area contributed by atoms with E-state index in [2.05, 4.69) is 12.2 Å². The Kier molecular flexibility index (Phi) is 4.46. The monoisotopic (exact) mass is 261 g/mol. The summed E-state index contributed by atoms with van der Waals surface area (Å²) in [5.74, 6) is 0.471. The molecule has 1 aliphatic carbocycles. The minimum atomic E-state index is -0.547. The maximum Gasteiger partial charge on any atom is 0.331 e. The topological polar surface area (TPSA) is 38.3 Å². The fourth-order valence-electron chi connectivity index (χ4n) is 3.08. The van der Waals surface area contributed by atoms with Gasteiger partial charge in [0.2, 0.25) is 0 Å². The average molecular weight is 261 g/mol. The number of benzene rings is 1. The van der Waals surface area contributed by atoms with Gasteiger partial charge in [0.15, 0.2) is 0 Å². The van der Waals surface area contributed by atoms with Gasteiger partial charge in [-0.2, -0.15) is 0 Å². The molecule has 3 nitrogen and oxygen atoms in total. The molecule has 1 aromatic carbocycles. The van der Waals surface area contributed by atoms with Crippen LogP contribution in [0.2, 0.25) is 0 Å². The Morgan fingerprint density at radius 3 is 2.79 bits per heavy atom. The van der Waals surface area contributed by atoms with Gasteiger partial charge < -0.3 is 10.1 Å². The summed E-state index contributed by atoms with van der Waals surface area (Å²) in [4.78, 5) is 12.3. The first-order chi connectivity index (χ1) is 9.20. The first-order valence-electron chi connectivity index (χ1n) is 7.12. The van der Waals surface area contributed by atoms with E-state index in [1.807, 2.05) is 30.3 Å². The third-order valence-corrected chi connectivity index (χ3v) is 4.16. The maximum absolute atomic E-state index is 12.3. The van der Waals surface area contributed by atoms with Crippen LogP contribution in [-0.4, -0.2) is 18.6 Å². The molecule has 0 saturated heterocycles. The molecule has 2 unspecified atom stereocenters. The molecule has 1 aromatic rings. The van der Waals surface area contributed by atoms with Gasteiger partial charge in [-0.3, -0.25) is 0 Å². The Labute approximate surface area is 115 Å². The highest BCUT2D eigenvalue weighted by Gasteiger charge is 2.43. The Balaban J connectivity index is 2.22. The number of rotatable bonds is 4. The fourth-order valence-corrected chi connectivity index (χ4v) is 3.08. The van der Waals surface area contributed by atoms with Crippen molar-refractivity contribution in [3.63, 3.8) is 0 Å². The van der Waals surface area contributed by atoms with Crippen molar-refractivity contribution in [2.45, 2.75) is 44.6 Å². The molecule has 19 heavy (non-hydrogen) atoms. The summed E-state index contributed by atoms with van der Waals surface area (Å²) in [6.07, 6.45) is 5.13. The number of carbonyl (C=O) groups excluding carboxylic acids is 1. The molecular weight excluding hydrogens is 238 g/mol. The van der Waals surface area contributed by atoms with Crippen molar-refractivity contribution in [1.82, 2.24) is 0 Å². The molecule has 1 fully saturated rings. The SMILES string of the molecule is CCC1CCCC(Nc2ccccc2)(C(=O)OC)C1. The molecule has 1 saturated carbocycles. The van der Waals surface area contributed by atoms with Crippen molar-refractivity contribution in [3.8, 4) is 0 Å². The zero-order valence-corrected chi connectivity index (χ0v) is 11.8. The van der Waals surface area contributed by atoms with E-state index < -0.39 is 5.54 Å². The van der Waals surface area contributed by atoms with Gasteiger partial charge in [0.1, 0.15) is 5.54 Å². The smallest absolute Gasteiger partial charge is 0.331 e. The maximum atomic E-state index is 12.3. The number of methoxy groups -OCH3 is 1. The van der Waals surface area contributed by atoms with Crippen LogP contribution < -0.4 is 5.32 Å². The second-order valence-electron chi connectivity index (χ2n) is 5.44. The van der Waals surface area contributed by atoms with E-state index in [0.29, 0.717) is 5.92 Å². The molecule has 0 aliphatic heterocycles. The van der Waals surface area contributed by atoms with Crippen molar-refractivity contribution in [1.29, 1.82) is 0 Å². The molecule has 0 radical (unpaired) electrons. The highest BCUT2D eigenvalue weighted by Crippen LogP contribution is 2.37.